The smallest absolute Gasteiger partial charge is 0.293 e. The van der Waals surface area contributed by atoms with E-state index in [0.29, 0.717) is 32.5 Å². The summed E-state index contributed by atoms with van der Waals surface area (Å²) in [5.41, 5.74) is 0. The van der Waals surface area contributed by atoms with Gasteiger partial charge in [0, 0.05) is 32.0 Å². The fourth-order valence-corrected chi connectivity index (χ4v) is 2.54. The molecule has 0 saturated carbocycles. The molecule has 2 amide bonds. The molecule has 2 rings (SSSR count). The molecule has 0 aliphatic carbocycles. The van der Waals surface area contributed by atoms with E-state index in [1.54, 1.807) is 4.90 Å². The molecule has 2 heterocycles. The van der Waals surface area contributed by atoms with E-state index in [9.17, 15) is 9.59 Å². The van der Waals surface area contributed by atoms with Gasteiger partial charge in [-0.2, -0.15) is 0 Å². The van der Waals surface area contributed by atoms with Gasteiger partial charge in [0.1, 0.15) is 5.82 Å². The molecule has 116 valence electrons. The quantitative estimate of drug-likeness (QED) is 0.838. The first-order valence-corrected chi connectivity index (χ1v) is 7.64. The highest BCUT2D eigenvalue weighted by atomic mass is 16.2. The number of piperidine rings is 1. The Kier molecular flexibility index (Phi) is 5.30. The molecule has 1 aliphatic rings. The number of rotatable bonds is 5. The van der Waals surface area contributed by atoms with Crippen molar-refractivity contribution in [2.24, 2.45) is 5.92 Å². The molecule has 1 fully saturated rings. The first-order chi connectivity index (χ1) is 10.2. The molecule has 0 radical (unpaired) electrons. The number of hydrogen-bond donors (Lipinski definition) is 2. The summed E-state index contributed by atoms with van der Waals surface area (Å²) in [6.45, 7) is 5.77. The molecule has 2 N–H and O–H groups in total. The van der Waals surface area contributed by atoms with Gasteiger partial charge in [0.05, 0.1) is 0 Å². The second-order valence-electron chi connectivity index (χ2n) is 5.32. The Morgan fingerprint density at radius 3 is 2.67 bits per heavy atom. The van der Waals surface area contributed by atoms with Crippen molar-refractivity contribution in [1.82, 2.24) is 25.4 Å². The molecule has 0 aromatic carbocycles. The minimum atomic E-state index is -0.150. The maximum absolute atomic E-state index is 12.3. The summed E-state index contributed by atoms with van der Waals surface area (Å²) < 4.78 is 0. The number of aryl methyl sites for hydroxylation is 1. The van der Waals surface area contributed by atoms with Gasteiger partial charge in [0.2, 0.25) is 11.7 Å². The summed E-state index contributed by atoms with van der Waals surface area (Å²) in [7, 11) is 0. The lowest BCUT2D eigenvalue weighted by molar-refractivity contribution is -0.126. The Morgan fingerprint density at radius 1 is 1.33 bits per heavy atom. The number of nitrogens with one attached hydrogen (secondary N) is 2. The van der Waals surface area contributed by atoms with Gasteiger partial charge in [-0.25, -0.2) is 4.98 Å². The first kappa shape index (κ1) is 15.5. The van der Waals surface area contributed by atoms with Gasteiger partial charge >= 0.3 is 0 Å². The fourth-order valence-electron chi connectivity index (χ4n) is 2.54. The highest BCUT2D eigenvalue weighted by Gasteiger charge is 2.29. The molecule has 0 unspecified atom stereocenters. The van der Waals surface area contributed by atoms with Crippen LogP contribution < -0.4 is 5.32 Å². The van der Waals surface area contributed by atoms with Gasteiger partial charge in [-0.15, -0.1) is 5.10 Å². The average Bonchev–Trinajstić information content (AvgIpc) is 2.96. The van der Waals surface area contributed by atoms with E-state index >= 15 is 0 Å². The van der Waals surface area contributed by atoms with Crippen molar-refractivity contribution < 1.29 is 9.59 Å². The summed E-state index contributed by atoms with van der Waals surface area (Å²) in [5.74, 6) is 0.931. The standard InChI is InChI=1S/C14H23N5O2/c1-3-5-11-16-12(18-17-11)14(21)19-8-6-10(7-9-19)13(20)15-4-2/h10H,3-9H2,1-2H3,(H,15,20)(H,16,17,18). The second kappa shape index (κ2) is 7.19. The zero-order valence-corrected chi connectivity index (χ0v) is 12.7. The van der Waals surface area contributed by atoms with Crippen molar-refractivity contribution in [3.05, 3.63) is 11.6 Å². The van der Waals surface area contributed by atoms with Crippen molar-refractivity contribution in [3.8, 4) is 0 Å². The normalized spacial score (nSPS) is 16.0. The molecule has 0 atom stereocenters. The van der Waals surface area contributed by atoms with Gasteiger partial charge in [-0.3, -0.25) is 14.7 Å². The zero-order chi connectivity index (χ0) is 15.2. The molecular weight excluding hydrogens is 270 g/mol. The summed E-state index contributed by atoms with van der Waals surface area (Å²) >= 11 is 0. The average molecular weight is 293 g/mol. The third kappa shape index (κ3) is 3.80. The number of H-pyrrole nitrogens is 1. The lowest BCUT2D eigenvalue weighted by Gasteiger charge is -2.30. The van der Waals surface area contributed by atoms with E-state index in [-0.39, 0.29) is 23.6 Å². The summed E-state index contributed by atoms with van der Waals surface area (Å²) in [4.78, 5) is 30.0. The molecule has 7 nitrogen and oxygen atoms in total. The number of hydrogen-bond acceptors (Lipinski definition) is 4. The van der Waals surface area contributed by atoms with Crippen LogP contribution in [0.2, 0.25) is 0 Å². The van der Waals surface area contributed by atoms with E-state index in [1.165, 1.54) is 0 Å². The van der Waals surface area contributed by atoms with E-state index in [2.05, 4.69) is 27.4 Å². The monoisotopic (exact) mass is 293 g/mol. The van der Waals surface area contributed by atoms with Crippen molar-refractivity contribution >= 4 is 11.8 Å². The maximum Gasteiger partial charge on any atom is 0.293 e. The van der Waals surface area contributed by atoms with Crippen LogP contribution in [0, 0.1) is 5.92 Å². The number of amides is 2. The van der Waals surface area contributed by atoms with Crippen LogP contribution in [0.25, 0.3) is 0 Å². The Labute approximate surface area is 124 Å². The number of aromatic nitrogens is 3. The topological polar surface area (TPSA) is 91.0 Å². The minimum Gasteiger partial charge on any atom is -0.356 e. The Hall–Kier alpha value is -1.92. The number of carbonyl (C=O) groups is 2. The van der Waals surface area contributed by atoms with Crippen LogP contribution in [0.3, 0.4) is 0 Å². The van der Waals surface area contributed by atoms with E-state index in [0.717, 1.165) is 18.7 Å². The van der Waals surface area contributed by atoms with Crippen molar-refractivity contribution in [3.63, 3.8) is 0 Å². The molecule has 0 bridgehead atoms. The number of carbonyl (C=O) groups excluding carboxylic acids is 2. The van der Waals surface area contributed by atoms with Crippen LogP contribution in [0.4, 0.5) is 0 Å². The Morgan fingerprint density at radius 2 is 2.05 bits per heavy atom. The van der Waals surface area contributed by atoms with Crippen molar-refractivity contribution in [2.45, 2.75) is 39.5 Å². The van der Waals surface area contributed by atoms with Gasteiger partial charge in [-0.05, 0) is 26.2 Å². The molecule has 1 aromatic heterocycles. The van der Waals surface area contributed by atoms with Gasteiger partial charge in [-0.1, -0.05) is 6.92 Å². The summed E-state index contributed by atoms with van der Waals surface area (Å²) in [5, 5.41) is 9.62. The fraction of sp³-hybridized carbons (Fsp3) is 0.714. The zero-order valence-electron chi connectivity index (χ0n) is 12.7. The summed E-state index contributed by atoms with van der Waals surface area (Å²) in [6, 6.07) is 0. The molecule has 21 heavy (non-hydrogen) atoms. The van der Waals surface area contributed by atoms with Crippen LogP contribution in [0.5, 0.6) is 0 Å². The number of nitrogens with zero attached hydrogens (tertiary/aromatic N) is 3. The molecule has 0 spiro atoms. The van der Waals surface area contributed by atoms with Gasteiger partial charge < -0.3 is 10.2 Å². The highest BCUT2D eigenvalue weighted by Crippen LogP contribution is 2.18. The lowest BCUT2D eigenvalue weighted by Crippen LogP contribution is -2.43. The number of likely N-dealkylation sites (tertiary alicyclic amines) is 1. The molecule has 1 aliphatic heterocycles. The van der Waals surface area contributed by atoms with E-state index in [1.807, 2.05) is 6.92 Å². The van der Waals surface area contributed by atoms with E-state index in [4.69, 9.17) is 0 Å². The van der Waals surface area contributed by atoms with Crippen LogP contribution in [-0.4, -0.2) is 51.5 Å². The lowest BCUT2D eigenvalue weighted by atomic mass is 9.96. The molecule has 1 aromatic rings. The molecule has 7 heteroatoms. The summed E-state index contributed by atoms with van der Waals surface area (Å²) in [6.07, 6.45) is 3.15. The van der Waals surface area contributed by atoms with Gasteiger partial charge in [0.25, 0.3) is 5.91 Å². The van der Waals surface area contributed by atoms with Gasteiger partial charge in [0.15, 0.2) is 0 Å². The second-order valence-corrected chi connectivity index (χ2v) is 5.32. The Balaban J connectivity index is 1.89. The molecular formula is C14H23N5O2. The van der Waals surface area contributed by atoms with Crippen molar-refractivity contribution in [1.29, 1.82) is 0 Å². The SMILES string of the molecule is CCCc1nc(C(=O)N2CCC(C(=O)NCC)CC2)n[nH]1. The van der Waals surface area contributed by atoms with Crippen molar-refractivity contribution in [2.75, 3.05) is 19.6 Å². The highest BCUT2D eigenvalue weighted by molar-refractivity contribution is 5.90. The van der Waals surface area contributed by atoms with E-state index < -0.39 is 0 Å². The Bertz CT molecular complexity index is 491. The largest absolute Gasteiger partial charge is 0.356 e. The number of aromatic amines is 1. The predicted octanol–water partition coefficient (Wildman–Crippen LogP) is 0.746. The van der Waals surface area contributed by atoms with Crippen LogP contribution in [-0.2, 0) is 11.2 Å². The van der Waals surface area contributed by atoms with Crippen LogP contribution in [0.15, 0.2) is 0 Å². The predicted molar refractivity (Wildman–Crippen MR) is 77.7 cm³/mol. The third-order valence-corrected chi connectivity index (χ3v) is 3.71. The van der Waals surface area contributed by atoms with Crippen LogP contribution >= 0.6 is 0 Å². The molecule has 1 saturated heterocycles. The first-order valence-electron chi connectivity index (χ1n) is 7.64. The van der Waals surface area contributed by atoms with Crippen LogP contribution in [0.1, 0.15) is 49.6 Å². The minimum absolute atomic E-state index is 0.0109. The maximum atomic E-state index is 12.3. The third-order valence-electron chi connectivity index (χ3n) is 3.71.